The minimum absolute atomic E-state index is 0.457. The molecule has 0 fully saturated rings. The summed E-state index contributed by atoms with van der Waals surface area (Å²) in [6, 6.07) is 0. The smallest absolute Gasteiger partial charge is 0.204 e. The van der Waals surface area contributed by atoms with Crippen molar-refractivity contribution in [2.75, 3.05) is 0 Å². The van der Waals surface area contributed by atoms with Gasteiger partial charge in [-0.3, -0.25) is 0 Å². The van der Waals surface area contributed by atoms with Gasteiger partial charge < -0.3 is 5.11 Å². The number of hydrogen-bond acceptors (Lipinski definition) is 3. The maximum absolute atomic E-state index is 8.89. The van der Waals surface area contributed by atoms with Crippen molar-refractivity contribution >= 4 is 0 Å². The Morgan fingerprint density at radius 3 is 2.54 bits per heavy atom. The number of hydrogen-bond donors (Lipinski definition) is 1. The average molecular weight is 176 g/mol. The second kappa shape index (κ2) is 4.58. The van der Waals surface area contributed by atoms with E-state index in [2.05, 4.69) is 21.8 Å². The zero-order valence-electron chi connectivity index (χ0n) is 7.78. The number of aliphatic hydroxyl groups excluding tert-OH is 1. The van der Waals surface area contributed by atoms with Crippen LogP contribution in [0, 0.1) is 11.8 Å². The Hall–Kier alpha value is -1.40. The fourth-order valence-electron chi connectivity index (χ4n) is 0.771. The number of nitrogens with zero attached hydrogens (tertiary/aromatic N) is 2. The molecule has 1 heterocycles. The molecule has 0 radical (unpaired) electrons. The normalized spacial score (nSPS) is 11.6. The highest BCUT2D eigenvalue weighted by Crippen LogP contribution is 1.95. The fourth-order valence-corrected chi connectivity index (χ4v) is 0.771. The van der Waals surface area contributed by atoms with Gasteiger partial charge in [0, 0.05) is 12.4 Å². The van der Waals surface area contributed by atoms with Crippen molar-refractivity contribution in [1.82, 2.24) is 9.97 Å². The summed E-state index contributed by atoms with van der Waals surface area (Å²) in [5, 5.41) is 8.89. The standard InChI is InChI=1S/C10H12N2O/c1-3-9-6-11-10(12-7-9)5-4-8(2)13/h6-8,13H,3H2,1-2H3/t8-/m1/s1. The van der Waals surface area contributed by atoms with Gasteiger partial charge in [-0.15, -0.1) is 0 Å². The van der Waals surface area contributed by atoms with E-state index in [0.717, 1.165) is 12.0 Å². The van der Waals surface area contributed by atoms with Crippen LogP contribution in [0.25, 0.3) is 0 Å². The second-order valence-corrected chi connectivity index (χ2v) is 2.71. The topological polar surface area (TPSA) is 46.0 Å². The first-order valence-electron chi connectivity index (χ1n) is 4.23. The molecule has 13 heavy (non-hydrogen) atoms. The Morgan fingerprint density at radius 2 is 2.08 bits per heavy atom. The van der Waals surface area contributed by atoms with E-state index in [9.17, 15) is 0 Å². The van der Waals surface area contributed by atoms with Crippen molar-refractivity contribution in [2.45, 2.75) is 26.4 Å². The van der Waals surface area contributed by atoms with E-state index in [1.807, 2.05) is 6.92 Å². The molecule has 1 N–H and O–H groups in total. The summed E-state index contributed by atoms with van der Waals surface area (Å²) in [6.07, 6.45) is 3.79. The SMILES string of the molecule is CCc1cnc(C#C[C@@H](C)O)nc1. The molecular formula is C10H12N2O. The molecule has 0 aliphatic heterocycles. The van der Waals surface area contributed by atoms with Crippen molar-refractivity contribution in [3.05, 3.63) is 23.8 Å². The molecule has 1 rings (SSSR count). The summed E-state index contributed by atoms with van der Waals surface area (Å²) in [7, 11) is 0. The third-order valence-corrected chi connectivity index (χ3v) is 1.51. The van der Waals surface area contributed by atoms with E-state index >= 15 is 0 Å². The van der Waals surface area contributed by atoms with Crippen LogP contribution in [0.5, 0.6) is 0 Å². The first-order chi connectivity index (χ1) is 6.22. The first kappa shape index (κ1) is 9.69. The number of aryl methyl sites for hydroxylation is 1. The molecule has 0 bridgehead atoms. The van der Waals surface area contributed by atoms with Gasteiger partial charge in [0.05, 0.1) is 0 Å². The molecule has 3 nitrogen and oxygen atoms in total. The fraction of sp³-hybridized carbons (Fsp3) is 0.400. The number of rotatable bonds is 1. The van der Waals surface area contributed by atoms with Gasteiger partial charge in [0.1, 0.15) is 6.10 Å². The van der Waals surface area contributed by atoms with Gasteiger partial charge >= 0.3 is 0 Å². The summed E-state index contributed by atoms with van der Waals surface area (Å²) in [4.78, 5) is 8.05. The highest BCUT2D eigenvalue weighted by molar-refractivity contribution is 5.22. The van der Waals surface area contributed by atoms with E-state index in [1.165, 1.54) is 0 Å². The molecule has 0 aliphatic carbocycles. The second-order valence-electron chi connectivity index (χ2n) is 2.71. The Kier molecular flexibility index (Phi) is 3.41. The number of aromatic nitrogens is 2. The van der Waals surface area contributed by atoms with Gasteiger partial charge in [-0.25, -0.2) is 9.97 Å². The van der Waals surface area contributed by atoms with E-state index in [0.29, 0.717) is 5.82 Å². The van der Waals surface area contributed by atoms with Crippen LogP contribution in [0.1, 0.15) is 25.2 Å². The predicted molar refractivity (Wildman–Crippen MR) is 50.0 cm³/mol. The summed E-state index contributed by atoms with van der Waals surface area (Å²) < 4.78 is 0. The lowest BCUT2D eigenvalue weighted by Gasteiger charge is -1.93. The van der Waals surface area contributed by atoms with Gasteiger partial charge in [-0.2, -0.15) is 0 Å². The van der Waals surface area contributed by atoms with Crippen LogP contribution in [0.4, 0.5) is 0 Å². The first-order valence-corrected chi connectivity index (χ1v) is 4.23. The summed E-state index contributed by atoms with van der Waals surface area (Å²) in [5.74, 6) is 5.71. The molecule has 0 spiro atoms. The zero-order chi connectivity index (χ0) is 9.68. The maximum Gasteiger partial charge on any atom is 0.204 e. The van der Waals surface area contributed by atoms with Gasteiger partial charge in [0.2, 0.25) is 5.82 Å². The third-order valence-electron chi connectivity index (χ3n) is 1.51. The van der Waals surface area contributed by atoms with Crippen molar-refractivity contribution in [3.63, 3.8) is 0 Å². The van der Waals surface area contributed by atoms with Crippen molar-refractivity contribution in [3.8, 4) is 11.8 Å². The summed E-state index contributed by atoms with van der Waals surface area (Å²) >= 11 is 0. The van der Waals surface area contributed by atoms with E-state index in [1.54, 1.807) is 19.3 Å². The Morgan fingerprint density at radius 1 is 1.46 bits per heavy atom. The molecule has 0 aliphatic rings. The van der Waals surface area contributed by atoms with Crippen LogP contribution >= 0.6 is 0 Å². The molecule has 0 unspecified atom stereocenters. The zero-order valence-corrected chi connectivity index (χ0v) is 7.78. The van der Waals surface area contributed by atoms with Gasteiger partial charge in [0.15, 0.2) is 0 Å². The minimum Gasteiger partial charge on any atom is -0.381 e. The van der Waals surface area contributed by atoms with Gasteiger partial charge in [-0.05, 0) is 24.8 Å². The molecule has 1 aromatic rings. The third kappa shape index (κ3) is 3.22. The van der Waals surface area contributed by atoms with Crippen molar-refractivity contribution in [1.29, 1.82) is 0 Å². The van der Waals surface area contributed by atoms with Crippen molar-refractivity contribution in [2.24, 2.45) is 0 Å². The molecule has 0 amide bonds. The average Bonchev–Trinajstić information content (AvgIpc) is 2.15. The summed E-state index contributed by atoms with van der Waals surface area (Å²) in [6.45, 7) is 3.65. The molecule has 0 aromatic carbocycles. The number of aliphatic hydroxyl groups is 1. The monoisotopic (exact) mass is 176 g/mol. The largest absolute Gasteiger partial charge is 0.381 e. The highest BCUT2D eigenvalue weighted by atomic mass is 16.3. The van der Waals surface area contributed by atoms with Crippen LogP contribution in [0.3, 0.4) is 0 Å². The molecule has 68 valence electrons. The van der Waals surface area contributed by atoms with E-state index < -0.39 is 6.10 Å². The maximum atomic E-state index is 8.89. The summed E-state index contributed by atoms with van der Waals surface area (Å²) in [5.41, 5.74) is 1.09. The van der Waals surface area contributed by atoms with Crippen molar-refractivity contribution < 1.29 is 5.11 Å². The molecule has 1 atom stereocenters. The lowest BCUT2D eigenvalue weighted by molar-refractivity contribution is 0.253. The van der Waals surface area contributed by atoms with Crippen LogP contribution in [0.15, 0.2) is 12.4 Å². The lowest BCUT2D eigenvalue weighted by Crippen LogP contribution is -1.95. The highest BCUT2D eigenvalue weighted by Gasteiger charge is 1.92. The lowest BCUT2D eigenvalue weighted by atomic mass is 10.3. The molecule has 0 saturated heterocycles. The molecule has 1 aromatic heterocycles. The van der Waals surface area contributed by atoms with Crippen LogP contribution in [-0.2, 0) is 6.42 Å². The van der Waals surface area contributed by atoms with Crippen LogP contribution < -0.4 is 0 Å². The van der Waals surface area contributed by atoms with Crippen LogP contribution in [0.2, 0.25) is 0 Å². The van der Waals surface area contributed by atoms with Crippen LogP contribution in [-0.4, -0.2) is 21.2 Å². The molecule has 0 saturated carbocycles. The predicted octanol–water partition coefficient (Wildman–Crippen LogP) is 0.771. The van der Waals surface area contributed by atoms with E-state index in [-0.39, 0.29) is 0 Å². The van der Waals surface area contributed by atoms with Gasteiger partial charge in [0.25, 0.3) is 0 Å². The Labute approximate surface area is 77.9 Å². The van der Waals surface area contributed by atoms with Gasteiger partial charge in [-0.1, -0.05) is 12.8 Å². The quantitative estimate of drug-likeness (QED) is 0.643. The Balaban J connectivity index is 2.77. The molecule has 3 heteroatoms. The Bertz CT molecular complexity index is 319. The minimum atomic E-state index is -0.630. The molecular weight excluding hydrogens is 164 g/mol. The van der Waals surface area contributed by atoms with E-state index in [4.69, 9.17) is 5.11 Å².